The van der Waals surface area contributed by atoms with Crippen LogP contribution in [0.4, 0.5) is 18.9 Å². The van der Waals surface area contributed by atoms with Crippen molar-refractivity contribution < 1.29 is 22.8 Å². The number of hydrogen-bond acceptors (Lipinski definition) is 2. The van der Waals surface area contributed by atoms with Crippen LogP contribution in [0.3, 0.4) is 0 Å². The summed E-state index contributed by atoms with van der Waals surface area (Å²) in [5, 5.41) is 5.44. The molecule has 0 radical (unpaired) electrons. The lowest BCUT2D eigenvalue weighted by molar-refractivity contribution is -0.137. The highest BCUT2D eigenvalue weighted by molar-refractivity contribution is 6.05. The van der Waals surface area contributed by atoms with E-state index in [-0.39, 0.29) is 23.2 Å². The van der Waals surface area contributed by atoms with Gasteiger partial charge in [-0.05, 0) is 55.3 Å². The molecule has 4 nitrogen and oxygen atoms in total. The molecule has 0 aromatic heterocycles. The number of alkyl halides is 3. The first kappa shape index (κ1) is 19.9. The fourth-order valence-electron chi connectivity index (χ4n) is 3.27. The van der Waals surface area contributed by atoms with Gasteiger partial charge in [-0.25, -0.2) is 0 Å². The number of amides is 2. The summed E-state index contributed by atoms with van der Waals surface area (Å²) in [4.78, 5) is 24.6. The van der Waals surface area contributed by atoms with Gasteiger partial charge in [-0.2, -0.15) is 13.2 Å². The molecule has 2 aromatic carbocycles. The van der Waals surface area contributed by atoms with E-state index in [1.54, 1.807) is 12.1 Å². The van der Waals surface area contributed by atoms with Crippen LogP contribution in [-0.2, 0) is 6.18 Å². The van der Waals surface area contributed by atoms with E-state index in [0.717, 1.165) is 37.8 Å². The molecule has 1 fully saturated rings. The lowest BCUT2D eigenvalue weighted by Gasteiger charge is -2.22. The van der Waals surface area contributed by atoms with Crippen molar-refractivity contribution in [1.29, 1.82) is 0 Å². The van der Waals surface area contributed by atoms with E-state index >= 15 is 0 Å². The van der Waals surface area contributed by atoms with Crippen LogP contribution >= 0.6 is 0 Å². The van der Waals surface area contributed by atoms with Crippen molar-refractivity contribution in [2.24, 2.45) is 0 Å². The Balaban J connectivity index is 1.63. The van der Waals surface area contributed by atoms with Crippen molar-refractivity contribution in [2.45, 2.75) is 44.3 Å². The molecular weight excluding hydrogens is 369 g/mol. The number of hydrogen-bond donors (Lipinski definition) is 2. The maximum Gasteiger partial charge on any atom is 0.416 e. The van der Waals surface area contributed by atoms with Gasteiger partial charge in [-0.1, -0.05) is 25.3 Å². The molecule has 148 valence electrons. The van der Waals surface area contributed by atoms with E-state index in [2.05, 4.69) is 10.6 Å². The maximum atomic E-state index is 12.8. The van der Waals surface area contributed by atoms with Crippen molar-refractivity contribution >= 4 is 17.5 Å². The van der Waals surface area contributed by atoms with Crippen LogP contribution in [-0.4, -0.2) is 17.9 Å². The highest BCUT2D eigenvalue weighted by Crippen LogP contribution is 2.30. The fraction of sp³-hybridized carbons (Fsp3) is 0.333. The Hall–Kier alpha value is -2.83. The number of halogens is 3. The number of carbonyl (C=O) groups excluding carboxylic acids is 2. The summed E-state index contributed by atoms with van der Waals surface area (Å²) in [6.45, 7) is 0. The summed E-state index contributed by atoms with van der Waals surface area (Å²) in [7, 11) is 0. The number of nitrogens with one attached hydrogen (secondary N) is 2. The summed E-state index contributed by atoms with van der Waals surface area (Å²) in [5.41, 5.74) is -0.0770. The zero-order valence-corrected chi connectivity index (χ0v) is 15.2. The van der Waals surface area contributed by atoms with Gasteiger partial charge in [0.25, 0.3) is 11.8 Å². The summed E-state index contributed by atoms with van der Waals surface area (Å²) in [6.07, 6.45) is 0.891. The van der Waals surface area contributed by atoms with Crippen molar-refractivity contribution in [3.8, 4) is 0 Å². The second-order valence-electron chi connectivity index (χ2n) is 6.92. The zero-order chi connectivity index (χ0) is 20.1. The fourth-order valence-corrected chi connectivity index (χ4v) is 3.27. The van der Waals surface area contributed by atoms with Gasteiger partial charge in [0.2, 0.25) is 0 Å². The van der Waals surface area contributed by atoms with E-state index in [1.165, 1.54) is 30.7 Å². The third-order valence-corrected chi connectivity index (χ3v) is 4.80. The Morgan fingerprint density at radius 1 is 0.857 bits per heavy atom. The van der Waals surface area contributed by atoms with Gasteiger partial charge in [0, 0.05) is 22.9 Å². The molecule has 2 N–H and O–H groups in total. The smallest absolute Gasteiger partial charge is 0.349 e. The second-order valence-corrected chi connectivity index (χ2v) is 6.92. The van der Waals surface area contributed by atoms with Crippen molar-refractivity contribution in [1.82, 2.24) is 5.32 Å². The Labute approximate surface area is 161 Å². The summed E-state index contributed by atoms with van der Waals surface area (Å²) >= 11 is 0. The first-order chi connectivity index (χ1) is 13.3. The molecule has 0 unspecified atom stereocenters. The lowest BCUT2D eigenvalue weighted by atomic mass is 9.95. The third kappa shape index (κ3) is 5.12. The summed E-state index contributed by atoms with van der Waals surface area (Å²) < 4.78 is 38.3. The predicted molar refractivity (Wildman–Crippen MR) is 100 cm³/mol. The number of benzene rings is 2. The molecule has 0 saturated heterocycles. The van der Waals surface area contributed by atoms with Crippen molar-refractivity contribution in [2.75, 3.05) is 5.32 Å². The van der Waals surface area contributed by atoms with Crippen LogP contribution in [0.15, 0.2) is 48.5 Å². The number of rotatable bonds is 4. The van der Waals surface area contributed by atoms with Gasteiger partial charge >= 0.3 is 6.18 Å². The largest absolute Gasteiger partial charge is 0.416 e. The minimum Gasteiger partial charge on any atom is -0.349 e. The molecule has 7 heteroatoms. The van der Waals surface area contributed by atoms with E-state index in [9.17, 15) is 22.8 Å². The molecule has 0 aliphatic heterocycles. The molecule has 0 spiro atoms. The molecule has 2 amide bonds. The Bertz CT molecular complexity index is 841. The third-order valence-electron chi connectivity index (χ3n) is 4.80. The molecule has 1 saturated carbocycles. The second kappa shape index (κ2) is 8.46. The molecule has 0 heterocycles. The maximum absolute atomic E-state index is 12.8. The first-order valence-electron chi connectivity index (χ1n) is 9.22. The molecule has 0 bridgehead atoms. The van der Waals surface area contributed by atoms with Crippen molar-refractivity contribution in [3.63, 3.8) is 0 Å². The van der Waals surface area contributed by atoms with Gasteiger partial charge in [-0.15, -0.1) is 0 Å². The van der Waals surface area contributed by atoms with Gasteiger partial charge < -0.3 is 10.6 Å². The quantitative estimate of drug-likeness (QED) is 0.770. The van der Waals surface area contributed by atoms with Crippen molar-refractivity contribution in [3.05, 3.63) is 65.2 Å². The van der Waals surface area contributed by atoms with Gasteiger partial charge in [-0.3, -0.25) is 9.59 Å². The molecule has 3 rings (SSSR count). The zero-order valence-electron chi connectivity index (χ0n) is 15.2. The molecule has 0 atom stereocenters. The van der Waals surface area contributed by atoms with Crippen LogP contribution < -0.4 is 10.6 Å². The Morgan fingerprint density at radius 3 is 2.07 bits per heavy atom. The highest BCUT2D eigenvalue weighted by atomic mass is 19.4. The molecular formula is C21H21F3N2O2. The number of carbonyl (C=O) groups is 2. The summed E-state index contributed by atoms with van der Waals surface area (Å²) in [5.74, 6) is -0.727. The molecule has 1 aliphatic carbocycles. The van der Waals surface area contributed by atoms with Crippen LogP contribution in [0.5, 0.6) is 0 Å². The Morgan fingerprint density at radius 2 is 1.46 bits per heavy atom. The average Bonchev–Trinajstić information content (AvgIpc) is 2.68. The lowest BCUT2D eigenvalue weighted by Crippen LogP contribution is -2.36. The molecule has 1 aliphatic rings. The summed E-state index contributed by atoms with van der Waals surface area (Å²) in [6, 6.07) is 10.7. The Kier molecular flexibility index (Phi) is 6.02. The van der Waals surface area contributed by atoms with Gasteiger partial charge in [0.05, 0.1) is 5.56 Å². The van der Waals surface area contributed by atoms with Crippen LogP contribution in [0.2, 0.25) is 0 Å². The number of anilines is 1. The van der Waals surface area contributed by atoms with E-state index in [0.29, 0.717) is 5.56 Å². The first-order valence-corrected chi connectivity index (χ1v) is 9.22. The topological polar surface area (TPSA) is 58.2 Å². The molecule has 28 heavy (non-hydrogen) atoms. The highest BCUT2D eigenvalue weighted by Gasteiger charge is 2.30. The minimum atomic E-state index is -4.48. The van der Waals surface area contributed by atoms with Gasteiger partial charge in [0.15, 0.2) is 0 Å². The minimum absolute atomic E-state index is 0.0546. The molecule has 2 aromatic rings. The van der Waals surface area contributed by atoms with E-state index < -0.39 is 17.6 Å². The van der Waals surface area contributed by atoms with Crippen LogP contribution in [0.1, 0.15) is 58.4 Å². The van der Waals surface area contributed by atoms with Gasteiger partial charge in [0.1, 0.15) is 0 Å². The van der Waals surface area contributed by atoms with Crippen LogP contribution in [0, 0.1) is 0 Å². The van der Waals surface area contributed by atoms with Crippen LogP contribution in [0.25, 0.3) is 0 Å². The SMILES string of the molecule is O=C(Nc1cccc(C(F)(F)F)c1)c1ccc(C(=O)NC2CCCCC2)cc1. The predicted octanol–water partition coefficient (Wildman–Crippen LogP) is 5.02. The normalized spacial score (nSPS) is 15.1. The van der Waals surface area contributed by atoms with E-state index in [4.69, 9.17) is 0 Å². The van der Waals surface area contributed by atoms with E-state index in [1.807, 2.05) is 0 Å². The average molecular weight is 390 g/mol. The monoisotopic (exact) mass is 390 g/mol. The standard InChI is InChI=1S/C21H21F3N2O2/c22-21(23,24)16-5-4-8-18(13-16)26-20(28)15-11-9-14(10-12-15)19(27)25-17-6-2-1-3-7-17/h4-5,8-13,17H,1-3,6-7H2,(H,25,27)(H,26,28).